The molecule has 0 bridgehead atoms. The van der Waals surface area contributed by atoms with Gasteiger partial charge in [0.1, 0.15) is 6.61 Å². The molecule has 0 aliphatic carbocycles. The Kier molecular flexibility index (Phi) is 7.66. The van der Waals surface area contributed by atoms with E-state index >= 15 is 0 Å². The van der Waals surface area contributed by atoms with E-state index in [0.29, 0.717) is 18.4 Å². The molecule has 1 amide bonds. The van der Waals surface area contributed by atoms with Crippen LogP contribution in [0.25, 0.3) is 0 Å². The molecular formula is C28H36N2O4. The van der Waals surface area contributed by atoms with Crippen molar-refractivity contribution in [1.29, 1.82) is 0 Å². The zero-order chi connectivity index (χ0) is 23.2. The van der Waals surface area contributed by atoms with Crippen LogP contribution in [0.15, 0.2) is 54.6 Å². The molecule has 3 heterocycles. The second kappa shape index (κ2) is 11.2. The van der Waals surface area contributed by atoms with Gasteiger partial charge in [-0.15, -0.1) is 0 Å². The van der Waals surface area contributed by atoms with Gasteiger partial charge in [0.2, 0.25) is 0 Å². The average Bonchev–Trinajstić information content (AvgIpc) is 3.42. The largest absolute Gasteiger partial charge is 0.445 e. The number of likely N-dealkylation sites (tertiary alicyclic amines) is 1. The van der Waals surface area contributed by atoms with E-state index in [1.165, 1.54) is 24.1 Å². The molecule has 2 aromatic carbocycles. The summed E-state index contributed by atoms with van der Waals surface area (Å²) in [6.07, 6.45) is 5.21. The topological polar surface area (TPSA) is 51.2 Å². The molecule has 5 rings (SSSR count). The highest BCUT2D eigenvalue weighted by molar-refractivity contribution is 5.67. The van der Waals surface area contributed by atoms with Crippen LogP contribution in [-0.4, -0.2) is 56.7 Å². The molecule has 3 fully saturated rings. The zero-order valence-corrected chi connectivity index (χ0v) is 19.9. The van der Waals surface area contributed by atoms with Crippen LogP contribution < -0.4 is 4.90 Å². The molecule has 2 aromatic rings. The number of amides is 1. The van der Waals surface area contributed by atoms with Crippen molar-refractivity contribution in [1.82, 2.24) is 4.90 Å². The molecule has 182 valence electrons. The number of carbonyl (C=O) groups is 1. The Bertz CT molecular complexity index is 898. The van der Waals surface area contributed by atoms with Crippen LogP contribution in [0.3, 0.4) is 0 Å². The van der Waals surface area contributed by atoms with Crippen LogP contribution in [0.4, 0.5) is 10.5 Å². The van der Waals surface area contributed by atoms with Crippen molar-refractivity contribution in [2.75, 3.05) is 44.3 Å². The quantitative estimate of drug-likeness (QED) is 0.589. The summed E-state index contributed by atoms with van der Waals surface area (Å²) < 4.78 is 16.8. The van der Waals surface area contributed by atoms with Crippen molar-refractivity contribution in [2.45, 2.75) is 50.9 Å². The lowest BCUT2D eigenvalue weighted by molar-refractivity contribution is -0.0586. The van der Waals surface area contributed by atoms with E-state index in [1.807, 2.05) is 35.2 Å². The molecule has 0 N–H and O–H groups in total. The van der Waals surface area contributed by atoms with Crippen molar-refractivity contribution >= 4 is 11.8 Å². The number of carbonyl (C=O) groups excluding carboxylic acids is 1. The van der Waals surface area contributed by atoms with Crippen LogP contribution >= 0.6 is 0 Å². The Hall–Kier alpha value is -2.57. The minimum atomic E-state index is -0.202. The maximum atomic E-state index is 12.4. The second-order valence-corrected chi connectivity index (χ2v) is 9.73. The summed E-state index contributed by atoms with van der Waals surface area (Å²) in [7, 11) is 0. The molecule has 0 unspecified atom stereocenters. The van der Waals surface area contributed by atoms with Gasteiger partial charge >= 0.3 is 6.09 Å². The smallest absolute Gasteiger partial charge is 0.410 e. The monoisotopic (exact) mass is 464 g/mol. The van der Waals surface area contributed by atoms with E-state index in [0.717, 1.165) is 64.2 Å². The van der Waals surface area contributed by atoms with Gasteiger partial charge < -0.3 is 24.0 Å². The number of ether oxygens (including phenoxy) is 3. The molecule has 0 aromatic heterocycles. The van der Waals surface area contributed by atoms with Gasteiger partial charge in [-0.2, -0.15) is 0 Å². The number of anilines is 1. The number of nitrogens with zero attached hydrogens (tertiary/aromatic N) is 2. The number of benzene rings is 2. The molecule has 0 radical (unpaired) electrons. The van der Waals surface area contributed by atoms with Gasteiger partial charge in [-0.25, -0.2) is 4.79 Å². The first-order valence-electron chi connectivity index (χ1n) is 12.8. The molecule has 3 aliphatic rings. The number of piperidine rings is 2. The number of rotatable bonds is 6. The van der Waals surface area contributed by atoms with E-state index < -0.39 is 0 Å². The lowest BCUT2D eigenvalue weighted by atomic mass is 9.89. The van der Waals surface area contributed by atoms with Crippen molar-refractivity contribution in [3.8, 4) is 0 Å². The fraction of sp³-hybridized carbons (Fsp3) is 0.536. The lowest BCUT2D eigenvalue weighted by Gasteiger charge is -2.35. The highest BCUT2D eigenvalue weighted by Gasteiger charge is 2.27. The Morgan fingerprint density at radius 3 is 2.21 bits per heavy atom. The Morgan fingerprint density at radius 2 is 1.53 bits per heavy atom. The summed E-state index contributed by atoms with van der Waals surface area (Å²) in [6, 6.07) is 19.0. The minimum absolute atomic E-state index is 0.0213. The summed E-state index contributed by atoms with van der Waals surface area (Å²) in [6.45, 7) is 5.52. The molecule has 6 heteroatoms. The summed E-state index contributed by atoms with van der Waals surface area (Å²) in [4.78, 5) is 16.8. The number of hydrogen-bond acceptors (Lipinski definition) is 5. The van der Waals surface area contributed by atoms with E-state index in [-0.39, 0.29) is 12.4 Å². The summed E-state index contributed by atoms with van der Waals surface area (Å²) >= 11 is 0. The van der Waals surface area contributed by atoms with Crippen LogP contribution in [0.1, 0.15) is 49.1 Å². The first-order valence-corrected chi connectivity index (χ1v) is 12.8. The van der Waals surface area contributed by atoms with Crippen LogP contribution in [0.2, 0.25) is 0 Å². The molecule has 0 saturated carbocycles. The molecule has 0 atom stereocenters. The summed E-state index contributed by atoms with van der Waals surface area (Å²) in [5.41, 5.74) is 3.72. The molecule has 3 aliphatic heterocycles. The minimum Gasteiger partial charge on any atom is -0.445 e. The zero-order valence-electron chi connectivity index (χ0n) is 19.9. The van der Waals surface area contributed by atoms with E-state index in [9.17, 15) is 4.79 Å². The van der Waals surface area contributed by atoms with E-state index in [4.69, 9.17) is 14.2 Å². The van der Waals surface area contributed by atoms with Crippen molar-refractivity contribution in [3.63, 3.8) is 0 Å². The van der Waals surface area contributed by atoms with Gasteiger partial charge in [0.15, 0.2) is 6.29 Å². The van der Waals surface area contributed by atoms with Crippen LogP contribution in [0.5, 0.6) is 0 Å². The van der Waals surface area contributed by atoms with Gasteiger partial charge in [-0.3, -0.25) is 0 Å². The highest BCUT2D eigenvalue weighted by atomic mass is 16.7. The van der Waals surface area contributed by atoms with Crippen LogP contribution in [0, 0.1) is 5.92 Å². The van der Waals surface area contributed by atoms with Gasteiger partial charge in [0.05, 0.1) is 13.2 Å². The fourth-order valence-electron chi connectivity index (χ4n) is 5.41. The van der Waals surface area contributed by atoms with Gasteiger partial charge in [0.25, 0.3) is 0 Å². The standard InChI is InChI=1S/C28H36N2O4/c31-28(34-21-23-4-2-1-3-5-23)30-16-12-25(13-17-30)24-6-8-26(9-7-24)29-14-10-22(11-15-29)20-27-32-18-19-33-27/h1-9,22,25,27H,10-21H2. The van der Waals surface area contributed by atoms with Crippen molar-refractivity contribution < 1.29 is 19.0 Å². The first-order chi connectivity index (χ1) is 16.7. The fourth-order valence-corrected chi connectivity index (χ4v) is 5.41. The summed E-state index contributed by atoms with van der Waals surface area (Å²) in [5, 5.41) is 0. The summed E-state index contributed by atoms with van der Waals surface area (Å²) in [5.74, 6) is 1.20. The normalized spacial score (nSPS) is 20.6. The Labute approximate surface area is 202 Å². The second-order valence-electron chi connectivity index (χ2n) is 9.73. The third-order valence-corrected chi connectivity index (χ3v) is 7.52. The third-order valence-electron chi connectivity index (χ3n) is 7.52. The van der Waals surface area contributed by atoms with Crippen molar-refractivity contribution in [3.05, 3.63) is 65.7 Å². The predicted molar refractivity (Wildman–Crippen MR) is 132 cm³/mol. The average molecular weight is 465 g/mol. The van der Waals surface area contributed by atoms with Crippen LogP contribution in [-0.2, 0) is 20.8 Å². The van der Waals surface area contributed by atoms with E-state index in [2.05, 4.69) is 29.2 Å². The predicted octanol–water partition coefficient (Wildman–Crippen LogP) is 5.18. The molecule has 3 saturated heterocycles. The first kappa shape index (κ1) is 23.2. The third kappa shape index (κ3) is 5.91. The maximum absolute atomic E-state index is 12.4. The van der Waals surface area contributed by atoms with Gasteiger partial charge in [-0.05, 0) is 60.8 Å². The van der Waals surface area contributed by atoms with E-state index in [1.54, 1.807) is 0 Å². The molecule has 0 spiro atoms. The Balaban J connectivity index is 1.05. The molecule has 34 heavy (non-hydrogen) atoms. The van der Waals surface area contributed by atoms with Gasteiger partial charge in [-0.1, -0.05) is 42.5 Å². The SMILES string of the molecule is O=C(OCc1ccccc1)N1CCC(c2ccc(N3CCC(CC4OCCO4)CC3)cc2)CC1. The highest BCUT2D eigenvalue weighted by Crippen LogP contribution is 2.32. The Morgan fingerprint density at radius 1 is 0.853 bits per heavy atom. The number of hydrogen-bond donors (Lipinski definition) is 0. The molecule has 6 nitrogen and oxygen atoms in total. The molecular weight excluding hydrogens is 428 g/mol. The van der Waals surface area contributed by atoms with Crippen molar-refractivity contribution in [2.24, 2.45) is 5.92 Å². The maximum Gasteiger partial charge on any atom is 0.410 e. The van der Waals surface area contributed by atoms with Gasteiger partial charge in [0, 0.05) is 38.3 Å². The lowest BCUT2D eigenvalue weighted by Crippen LogP contribution is -2.38.